The molecule has 22 heteroatoms. The third-order valence-corrected chi connectivity index (χ3v) is 10.6. The van der Waals surface area contributed by atoms with Crippen molar-refractivity contribution in [2.24, 2.45) is 0 Å². The molecule has 0 fully saturated rings. The van der Waals surface area contributed by atoms with Crippen LogP contribution < -0.4 is 5.48 Å². The van der Waals surface area contributed by atoms with E-state index in [-0.39, 0.29) is 63.7 Å². The Morgan fingerprint density at radius 3 is 1.34 bits per heavy atom. The molecule has 17 nitrogen and oxygen atoms in total. The normalized spacial score (nSPS) is 10.8. The Morgan fingerprint density at radius 2 is 0.947 bits per heavy atom. The van der Waals surface area contributed by atoms with Crippen LogP contribution in [0.1, 0.15) is 127 Å². The average molecular weight is 1170 g/mol. The molecule has 3 rings (SSSR count). The number of benzene rings is 3. The van der Waals surface area contributed by atoms with E-state index in [0.717, 1.165) is 27.7 Å². The lowest BCUT2D eigenvalue weighted by Gasteiger charge is -2.24. The zero-order chi connectivity index (χ0) is 57.1. The van der Waals surface area contributed by atoms with Gasteiger partial charge in [-0.05, 0) is 112 Å². The Balaban J connectivity index is -0.000000921. The van der Waals surface area contributed by atoms with Gasteiger partial charge in [-0.1, -0.05) is 102 Å². The minimum absolute atomic E-state index is 0. The number of nitrogens with one attached hydrogen (secondary N) is 1. The molecule has 0 unspecified atom stereocenters. The number of carbonyl (C=O) groups excluding carboxylic acids is 4. The van der Waals surface area contributed by atoms with E-state index in [1.807, 2.05) is 55.5 Å². The number of hydrogen-bond acceptors (Lipinski definition) is 15. The van der Waals surface area contributed by atoms with Gasteiger partial charge >= 0.3 is 12.2 Å². The summed E-state index contributed by atoms with van der Waals surface area (Å²) in [4.78, 5) is 66.1. The predicted octanol–water partition coefficient (Wildman–Crippen LogP) is 12.1. The maximum atomic E-state index is 12.0. The van der Waals surface area contributed by atoms with Crippen LogP contribution in [0.3, 0.4) is 0 Å². The molecule has 0 aliphatic carbocycles. The van der Waals surface area contributed by atoms with Crippen molar-refractivity contribution < 1.29 is 73.8 Å². The number of ketones is 2. The molecule has 3 aromatic rings. The summed E-state index contributed by atoms with van der Waals surface area (Å²) in [5.41, 5.74) is 3.79. The molecule has 0 aromatic heterocycles. The maximum absolute atomic E-state index is 12.0. The number of hydroxylamine groups is 7. The first-order valence-corrected chi connectivity index (χ1v) is 27.1. The topological polar surface area (TPSA) is 189 Å². The summed E-state index contributed by atoms with van der Waals surface area (Å²) < 4.78 is 74.0. The average Bonchev–Trinajstić information content (AvgIpc) is 3.36. The van der Waals surface area contributed by atoms with Gasteiger partial charge in [0.05, 0.1) is 69.8 Å². The number of unbranched alkanes of at least 4 members (excludes halogenated alkanes) is 4. The van der Waals surface area contributed by atoms with Crippen LogP contribution in [0.2, 0.25) is 0 Å². The summed E-state index contributed by atoms with van der Waals surface area (Å²) in [5, 5.41) is 3.95. The van der Waals surface area contributed by atoms with E-state index < -0.39 is 33.5 Å². The highest BCUT2D eigenvalue weighted by Crippen LogP contribution is 2.15. The molecular formula is C54H88BrF3N4O13S. The van der Waals surface area contributed by atoms with Crippen molar-refractivity contribution in [1.82, 2.24) is 20.7 Å². The second-order valence-corrected chi connectivity index (χ2v) is 20.2. The largest absolute Gasteiger partial charge is 0.442 e. The van der Waals surface area contributed by atoms with E-state index >= 15 is 0 Å². The summed E-state index contributed by atoms with van der Waals surface area (Å²) in [6.07, 6.45) is 3.49. The van der Waals surface area contributed by atoms with Crippen molar-refractivity contribution in [2.75, 3.05) is 93.1 Å². The van der Waals surface area contributed by atoms with Crippen molar-refractivity contribution in [1.29, 1.82) is 0 Å². The van der Waals surface area contributed by atoms with E-state index in [2.05, 4.69) is 21.4 Å². The quantitative estimate of drug-likeness (QED) is 0.0237. The lowest BCUT2D eigenvalue weighted by atomic mass is 10.1. The minimum atomic E-state index is -3.74. The molecular weight excluding hydrogens is 1080 g/mol. The van der Waals surface area contributed by atoms with Gasteiger partial charge in [0.2, 0.25) is 0 Å². The van der Waals surface area contributed by atoms with Crippen LogP contribution >= 0.6 is 15.9 Å². The van der Waals surface area contributed by atoms with E-state index in [1.165, 1.54) is 31.3 Å². The summed E-state index contributed by atoms with van der Waals surface area (Å²) in [5.74, 6) is 0.138. The van der Waals surface area contributed by atoms with Crippen LogP contribution in [0, 0.1) is 6.92 Å². The molecule has 0 radical (unpaired) electrons. The molecule has 3 aromatic carbocycles. The van der Waals surface area contributed by atoms with Gasteiger partial charge < -0.3 is 14.3 Å². The predicted molar refractivity (Wildman–Crippen MR) is 295 cm³/mol. The molecule has 0 saturated heterocycles. The number of halogens is 4. The summed E-state index contributed by atoms with van der Waals surface area (Å²) in [6.45, 7) is 13.5. The van der Waals surface area contributed by atoms with Gasteiger partial charge in [0, 0.05) is 39.3 Å². The maximum Gasteiger partial charge on any atom is 0.434 e. The Bertz CT molecular complexity index is 2030. The first kappa shape index (κ1) is 75.7. The molecule has 0 atom stereocenters. The monoisotopic (exact) mass is 1170 g/mol. The third-order valence-electron chi connectivity index (χ3n) is 8.78. The zero-order valence-corrected chi connectivity index (χ0v) is 48.3. The van der Waals surface area contributed by atoms with Gasteiger partial charge in [-0.25, -0.2) is 15.1 Å². The van der Waals surface area contributed by atoms with Crippen molar-refractivity contribution in [3.8, 4) is 0 Å². The van der Waals surface area contributed by atoms with Gasteiger partial charge in [0.15, 0.2) is 11.6 Å². The van der Waals surface area contributed by atoms with Crippen LogP contribution in [-0.4, -0.2) is 152 Å². The highest BCUT2D eigenvalue weighted by molar-refractivity contribution is 9.09. The Hall–Kier alpha value is -4.52. The number of rotatable bonds is 28. The number of amides is 2. The highest BCUT2D eigenvalue weighted by Gasteiger charge is 2.21. The molecule has 0 bridgehead atoms. The zero-order valence-electron chi connectivity index (χ0n) is 45.9. The molecule has 0 aliphatic rings. The number of carbonyl (C=O) groups is 4. The number of Topliss-reactive ketones (excluding diaryl/α,β-unsaturated/α-hetero) is 2. The molecule has 0 saturated carbocycles. The summed E-state index contributed by atoms with van der Waals surface area (Å²) >= 11 is 3.10. The number of ether oxygens (including phenoxy) is 2. The summed E-state index contributed by atoms with van der Waals surface area (Å²) in [6, 6.07) is 24.8. The Morgan fingerprint density at radius 1 is 0.566 bits per heavy atom. The lowest BCUT2D eigenvalue weighted by molar-refractivity contribution is -0.132. The standard InChI is InChI=1S/C17H27NO6S.C13H18FNO2.C10H20FNO3.C8H7BrO.C5H12FNO.CH4/c1-14-8-10-15(11-9-14)25(20,21)23-13-7-6-12-22-18(5)16(19)24-17(2,3)4;1-15(17-10-6-5-9-14)11-13(16)12-7-3-2-4-8-12;1-10(2,3)15-9(13)12(4)14-8-6-5-7-11;9-6-8(10)7-4-2-1-3-5-7;1-7-8-5-3-2-4-6;/h8-11H,6-7,12-13H2,1-5H3;2-4,7-8H,5-6,9-11H2,1H3;5-8H2,1-4H3;1-5H,6H2;7H,2-5H2,1H3;1H4/i;14-1;11-1;;6-1;. The fraction of sp³-hybridized carbons (Fsp3) is 0.593. The number of alkyl halides is 4. The Kier molecular flexibility index (Phi) is 45.3. The molecule has 2 amide bonds. The van der Waals surface area contributed by atoms with Crippen molar-refractivity contribution in [3.05, 3.63) is 102 Å². The van der Waals surface area contributed by atoms with Gasteiger partial charge in [-0.3, -0.25) is 41.5 Å². The summed E-state index contributed by atoms with van der Waals surface area (Å²) in [7, 11) is 2.60. The lowest BCUT2D eigenvalue weighted by Crippen LogP contribution is -2.34. The molecule has 0 heterocycles. The molecule has 0 spiro atoms. The Labute approximate surface area is 460 Å². The molecule has 76 heavy (non-hydrogen) atoms. The van der Waals surface area contributed by atoms with Crippen LogP contribution in [-0.2, 0) is 43.1 Å². The number of nitrogens with zero attached hydrogens (tertiary/aromatic N) is 3. The van der Waals surface area contributed by atoms with E-state index in [0.29, 0.717) is 75.7 Å². The second-order valence-electron chi connectivity index (χ2n) is 18.0. The first-order chi connectivity index (χ1) is 35.4. The fourth-order valence-corrected chi connectivity index (χ4v) is 6.22. The van der Waals surface area contributed by atoms with Crippen LogP contribution in [0.25, 0.3) is 0 Å². The number of likely N-dealkylation sites (N-methyl/N-ethyl adjacent to an activating group) is 1. The van der Waals surface area contributed by atoms with Gasteiger partial charge in [0.25, 0.3) is 10.1 Å². The van der Waals surface area contributed by atoms with Crippen LogP contribution in [0.15, 0.2) is 89.8 Å². The molecule has 436 valence electrons. The van der Waals surface area contributed by atoms with E-state index in [4.69, 9.17) is 33.0 Å². The smallest absolute Gasteiger partial charge is 0.434 e. The highest BCUT2D eigenvalue weighted by atomic mass is 79.9. The number of aryl methyl sites for hydroxylation is 1. The molecule has 1 N–H and O–H groups in total. The van der Waals surface area contributed by atoms with Gasteiger partial charge in [-0.15, -0.1) is 0 Å². The number of hydrogen-bond donors (Lipinski definition) is 1. The second kappa shape index (κ2) is 45.5. The van der Waals surface area contributed by atoms with Gasteiger partial charge in [0.1, 0.15) is 11.2 Å². The first-order valence-electron chi connectivity index (χ1n) is 24.6. The fourth-order valence-electron chi connectivity index (χ4n) is 4.96. The van der Waals surface area contributed by atoms with Crippen molar-refractivity contribution >= 4 is 49.8 Å². The van der Waals surface area contributed by atoms with Crippen LogP contribution in [0.5, 0.6) is 0 Å². The van der Waals surface area contributed by atoms with Crippen LogP contribution in [0.4, 0.5) is 22.8 Å². The minimum Gasteiger partial charge on any atom is -0.442 e. The SMILES string of the molecule is C.CN(CC(=O)c1ccccc1)OCCCC[18F].CN(OCCCC[18F])C(=O)OC(C)(C)C.CNOCCCC[18F].Cc1ccc(S(=O)(=O)OCCCCON(C)C(=O)OC(C)(C)C)cc1.O=C(CBr)c1ccccc1. The third kappa shape index (κ3) is 43.6. The van der Waals surface area contributed by atoms with Crippen molar-refractivity contribution in [3.63, 3.8) is 0 Å². The van der Waals surface area contributed by atoms with Crippen molar-refractivity contribution in [2.45, 2.75) is 123 Å². The molecule has 0 aliphatic heterocycles. The van der Waals surface area contributed by atoms with Gasteiger partial charge in [-0.2, -0.15) is 23.6 Å². The van der Waals surface area contributed by atoms with E-state index in [1.54, 1.807) is 79.9 Å². The van der Waals surface area contributed by atoms with E-state index in [9.17, 15) is 40.8 Å².